The Bertz CT molecular complexity index is 249. The fourth-order valence-corrected chi connectivity index (χ4v) is 2.69. The normalized spacial score (nSPS) is 39.6. The Morgan fingerprint density at radius 3 is 2.50 bits per heavy atom. The number of aliphatic hydroxyl groups excluding tert-OH is 1. The van der Waals surface area contributed by atoms with Crippen LogP contribution in [-0.2, 0) is 4.79 Å². The van der Waals surface area contributed by atoms with E-state index in [1.807, 2.05) is 0 Å². The molecule has 4 nitrogen and oxygen atoms in total. The van der Waals surface area contributed by atoms with Gasteiger partial charge >= 0.3 is 0 Å². The molecule has 16 heavy (non-hydrogen) atoms. The van der Waals surface area contributed by atoms with Gasteiger partial charge in [-0.05, 0) is 38.1 Å². The summed E-state index contributed by atoms with van der Waals surface area (Å²) in [6, 6.07) is 0.281. The van der Waals surface area contributed by atoms with Crippen molar-refractivity contribution < 1.29 is 9.90 Å². The highest BCUT2D eigenvalue weighted by Crippen LogP contribution is 2.20. The molecule has 0 aromatic rings. The van der Waals surface area contributed by atoms with E-state index in [4.69, 9.17) is 0 Å². The molecule has 1 saturated carbocycles. The number of carbonyl (C=O) groups excluding carboxylic acids is 1. The average Bonchev–Trinajstić information content (AvgIpc) is 2.68. The summed E-state index contributed by atoms with van der Waals surface area (Å²) in [5.41, 5.74) is 0. The maximum atomic E-state index is 12.0. The molecule has 1 amide bonds. The first-order valence-electron chi connectivity index (χ1n) is 6.36. The van der Waals surface area contributed by atoms with Crippen LogP contribution >= 0.6 is 0 Å². The Morgan fingerprint density at radius 1 is 1.25 bits per heavy atom. The van der Waals surface area contributed by atoms with Gasteiger partial charge < -0.3 is 15.7 Å². The summed E-state index contributed by atoms with van der Waals surface area (Å²) in [5, 5.41) is 15.8. The molecular weight excluding hydrogens is 204 g/mol. The second-order valence-electron chi connectivity index (χ2n) is 5.26. The Kier molecular flexibility index (Phi) is 3.82. The molecule has 2 atom stereocenters. The van der Waals surface area contributed by atoms with Crippen molar-refractivity contribution in [1.29, 1.82) is 0 Å². The van der Waals surface area contributed by atoms with E-state index in [0.29, 0.717) is 5.92 Å². The number of amides is 1. The third kappa shape index (κ3) is 2.74. The van der Waals surface area contributed by atoms with Crippen molar-refractivity contribution in [3.63, 3.8) is 0 Å². The van der Waals surface area contributed by atoms with Gasteiger partial charge in [-0.2, -0.15) is 0 Å². The Hall–Kier alpha value is -0.610. The Morgan fingerprint density at radius 2 is 1.94 bits per heavy atom. The van der Waals surface area contributed by atoms with Crippen LogP contribution in [0.2, 0.25) is 0 Å². The van der Waals surface area contributed by atoms with Crippen molar-refractivity contribution in [1.82, 2.24) is 10.6 Å². The predicted molar refractivity (Wildman–Crippen MR) is 61.9 cm³/mol. The number of rotatable bonds is 2. The highest BCUT2D eigenvalue weighted by atomic mass is 16.3. The van der Waals surface area contributed by atoms with E-state index in [2.05, 4.69) is 17.6 Å². The molecule has 1 saturated heterocycles. The third-order valence-electron chi connectivity index (χ3n) is 3.90. The summed E-state index contributed by atoms with van der Waals surface area (Å²) in [6.45, 7) is 3.87. The number of aliphatic hydroxyl groups is 1. The molecule has 1 aliphatic carbocycles. The SMILES string of the molecule is C[C@@H]1CNC[C@H]1C(=O)NC1CCC(O)CC1. The first-order chi connectivity index (χ1) is 7.66. The van der Waals surface area contributed by atoms with Gasteiger partial charge in [0.25, 0.3) is 0 Å². The fourth-order valence-electron chi connectivity index (χ4n) is 2.69. The lowest BCUT2D eigenvalue weighted by Gasteiger charge is -2.27. The molecule has 2 aliphatic rings. The van der Waals surface area contributed by atoms with Crippen molar-refractivity contribution in [2.75, 3.05) is 13.1 Å². The van der Waals surface area contributed by atoms with Crippen molar-refractivity contribution in [3.05, 3.63) is 0 Å². The zero-order valence-electron chi connectivity index (χ0n) is 9.91. The van der Waals surface area contributed by atoms with Crippen LogP contribution in [0.15, 0.2) is 0 Å². The average molecular weight is 226 g/mol. The molecule has 2 rings (SSSR count). The molecule has 4 heteroatoms. The zero-order valence-corrected chi connectivity index (χ0v) is 9.91. The van der Waals surface area contributed by atoms with Crippen molar-refractivity contribution in [3.8, 4) is 0 Å². The molecule has 3 N–H and O–H groups in total. The summed E-state index contributed by atoms with van der Waals surface area (Å²) in [7, 11) is 0. The van der Waals surface area contributed by atoms with E-state index in [1.54, 1.807) is 0 Å². The van der Waals surface area contributed by atoms with E-state index in [0.717, 1.165) is 38.8 Å². The lowest BCUT2D eigenvalue weighted by molar-refractivity contribution is -0.126. The summed E-state index contributed by atoms with van der Waals surface area (Å²) in [4.78, 5) is 12.0. The highest BCUT2D eigenvalue weighted by Gasteiger charge is 2.31. The van der Waals surface area contributed by atoms with E-state index >= 15 is 0 Å². The summed E-state index contributed by atoms with van der Waals surface area (Å²) >= 11 is 0. The molecule has 0 spiro atoms. The topological polar surface area (TPSA) is 61.4 Å². The van der Waals surface area contributed by atoms with Crippen molar-refractivity contribution >= 4 is 5.91 Å². The van der Waals surface area contributed by atoms with Gasteiger partial charge in [0.2, 0.25) is 5.91 Å². The standard InChI is InChI=1S/C12H22N2O2/c1-8-6-13-7-11(8)12(16)14-9-2-4-10(15)5-3-9/h8-11,13,15H,2-7H2,1H3,(H,14,16)/t8-,9?,10?,11-/m1/s1. The van der Waals surface area contributed by atoms with Crippen molar-refractivity contribution in [2.24, 2.45) is 11.8 Å². The van der Waals surface area contributed by atoms with Crippen LogP contribution in [-0.4, -0.2) is 36.2 Å². The molecule has 0 aromatic heterocycles. The Labute approximate surface area is 96.8 Å². The predicted octanol–water partition coefficient (Wildman–Crippen LogP) is 0.262. The minimum Gasteiger partial charge on any atom is -0.393 e. The van der Waals surface area contributed by atoms with Gasteiger partial charge in [0.1, 0.15) is 0 Å². The number of hydrogen-bond acceptors (Lipinski definition) is 3. The second-order valence-corrected chi connectivity index (χ2v) is 5.26. The van der Waals surface area contributed by atoms with Crippen LogP contribution < -0.4 is 10.6 Å². The first-order valence-corrected chi connectivity index (χ1v) is 6.36. The maximum Gasteiger partial charge on any atom is 0.224 e. The second kappa shape index (κ2) is 5.15. The van der Waals surface area contributed by atoms with Gasteiger partial charge in [0, 0.05) is 12.6 Å². The monoisotopic (exact) mass is 226 g/mol. The molecule has 92 valence electrons. The molecular formula is C12H22N2O2. The van der Waals surface area contributed by atoms with Crippen LogP contribution in [0.3, 0.4) is 0 Å². The van der Waals surface area contributed by atoms with E-state index < -0.39 is 0 Å². The molecule has 0 aromatic carbocycles. The minimum atomic E-state index is -0.153. The summed E-state index contributed by atoms with van der Waals surface area (Å²) in [6.07, 6.45) is 3.33. The maximum absolute atomic E-state index is 12.0. The van der Waals surface area contributed by atoms with E-state index in [1.165, 1.54) is 0 Å². The van der Waals surface area contributed by atoms with Gasteiger partial charge in [0.15, 0.2) is 0 Å². The number of carbonyl (C=O) groups is 1. The zero-order chi connectivity index (χ0) is 11.5. The lowest BCUT2D eigenvalue weighted by Crippen LogP contribution is -2.43. The smallest absolute Gasteiger partial charge is 0.224 e. The van der Waals surface area contributed by atoms with E-state index in [-0.39, 0.29) is 24.0 Å². The quantitative estimate of drug-likeness (QED) is 0.633. The minimum absolute atomic E-state index is 0.131. The van der Waals surface area contributed by atoms with Crippen LogP contribution in [0, 0.1) is 11.8 Å². The summed E-state index contributed by atoms with van der Waals surface area (Å²) < 4.78 is 0. The van der Waals surface area contributed by atoms with Crippen molar-refractivity contribution in [2.45, 2.75) is 44.8 Å². The van der Waals surface area contributed by atoms with Crippen LogP contribution in [0.5, 0.6) is 0 Å². The molecule has 2 fully saturated rings. The lowest BCUT2D eigenvalue weighted by atomic mass is 9.91. The molecule has 1 aliphatic heterocycles. The van der Waals surface area contributed by atoms with Gasteiger partial charge in [-0.1, -0.05) is 6.92 Å². The molecule has 0 unspecified atom stereocenters. The number of nitrogens with one attached hydrogen (secondary N) is 2. The third-order valence-corrected chi connectivity index (χ3v) is 3.90. The van der Waals surface area contributed by atoms with Gasteiger partial charge in [-0.25, -0.2) is 0 Å². The van der Waals surface area contributed by atoms with E-state index in [9.17, 15) is 9.90 Å². The first kappa shape index (κ1) is 11.9. The van der Waals surface area contributed by atoms with Gasteiger partial charge in [-0.3, -0.25) is 4.79 Å². The molecule has 0 radical (unpaired) electrons. The highest BCUT2D eigenvalue weighted by molar-refractivity contribution is 5.79. The molecule has 1 heterocycles. The van der Waals surface area contributed by atoms with Crippen LogP contribution in [0.4, 0.5) is 0 Å². The van der Waals surface area contributed by atoms with Crippen LogP contribution in [0.25, 0.3) is 0 Å². The van der Waals surface area contributed by atoms with Gasteiger partial charge in [-0.15, -0.1) is 0 Å². The number of hydrogen-bond donors (Lipinski definition) is 3. The van der Waals surface area contributed by atoms with Gasteiger partial charge in [0.05, 0.1) is 12.0 Å². The van der Waals surface area contributed by atoms with Crippen LogP contribution in [0.1, 0.15) is 32.6 Å². The summed E-state index contributed by atoms with van der Waals surface area (Å²) in [5.74, 6) is 0.764. The Balaban J connectivity index is 1.78. The largest absolute Gasteiger partial charge is 0.393 e. The fraction of sp³-hybridized carbons (Fsp3) is 0.917. The molecule has 0 bridgehead atoms.